The van der Waals surface area contributed by atoms with Crippen LogP contribution in [0.5, 0.6) is 5.75 Å². The van der Waals surface area contributed by atoms with Gasteiger partial charge in [-0.05, 0) is 37.5 Å². The highest BCUT2D eigenvalue weighted by atomic mass is 16.5. The maximum Gasteiger partial charge on any atom is 0.240 e. The van der Waals surface area contributed by atoms with E-state index in [1.54, 1.807) is 7.11 Å². The van der Waals surface area contributed by atoms with Crippen LogP contribution in [-0.2, 0) is 4.79 Å². The number of carbonyl (C=O) groups excluding carboxylic acids is 1. The smallest absolute Gasteiger partial charge is 0.240 e. The van der Waals surface area contributed by atoms with Crippen LogP contribution in [0.15, 0.2) is 24.3 Å². The number of hydrogen-bond donors (Lipinski definition) is 1. The molecule has 1 fully saturated rings. The van der Waals surface area contributed by atoms with E-state index in [0.717, 1.165) is 30.6 Å². The van der Waals surface area contributed by atoms with Crippen molar-refractivity contribution in [1.82, 2.24) is 5.32 Å². The normalized spacial score (nSPS) is 18.3. The van der Waals surface area contributed by atoms with Gasteiger partial charge in [0, 0.05) is 0 Å². The predicted octanol–water partition coefficient (Wildman–Crippen LogP) is 3.35. The summed E-state index contributed by atoms with van der Waals surface area (Å²) >= 11 is 0. The fourth-order valence-electron chi connectivity index (χ4n) is 2.86. The largest absolute Gasteiger partial charge is 0.497 e. The Kier molecular flexibility index (Phi) is 4.85. The van der Waals surface area contributed by atoms with Crippen LogP contribution in [0.2, 0.25) is 0 Å². The van der Waals surface area contributed by atoms with Gasteiger partial charge in [-0.1, -0.05) is 31.4 Å². The number of ether oxygens (including phenoxy) is 1. The van der Waals surface area contributed by atoms with Gasteiger partial charge in [-0.25, -0.2) is 0 Å². The van der Waals surface area contributed by atoms with Gasteiger partial charge >= 0.3 is 0 Å². The number of methoxy groups -OCH3 is 1. The van der Waals surface area contributed by atoms with E-state index in [1.807, 2.05) is 31.2 Å². The fourth-order valence-corrected chi connectivity index (χ4v) is 2.86. The predicted molar refractivity (Wildman–Crippen MR) is 80.7 cm³/mol. The molecule has 1 saturated carbocycles. The Morgan fingerprint density at radius 3 is 2.43 bits per heavy atom. The molecule has 0 aromatic heterocycles. The Morgan fingerprint density at radius 1 is 1.29 bits per heavy atom. The van der Waals surface area contributed by atoms with E-state index in [9.17, 15) is 10.1 Å². The molecule has 2 rings (SSSR count). The minimum absolute atomic E-state index is 0.115. The summed E-state index contributed by atoms with van der Waals surface area (Å²) in [7, 11) is 1.62. The number of nitrogens with one attached hydrogen (secondary N) is 1. The van der Waals surface area contributed by atoms with Crippen molar-refractivity contribution in [2.45, 2.75) is 45.1 Å². The Hall–Kier alpha value is -2.02. The van der Waals surface area contributed by atoms with Gasteiger partial charge < -0.3 is 10.1 Å². The highest BCUT2D eigenvalue weighted by Crippen LogP contribution is 2.36. The average molecular weight is 286 g/mol. The summed E-state index contributed by atoms with van der Waals surface area (Å²) < 4.78 is 5.13. The SMILES string of the molecule is COc1ccc(C(C)NC(=O)C2(C#N)CCCCC2)cc1. The lowest BCUT2D eigenvalue weighted by Gasteiger charge is -2.30. The van der Waals surface area contributed by atoms with Gasteiger partial charge in [0.25, 0.3) is 0 Å². The third-order valence-corrected chi connectivity index (χ3v) is 4.32. The van der Waals surface area contributed by atoms with Gasteiger partial charge in [-0.2, -0.15) is 5.26 Å². The van der Waals surface area contributed by atoms with Crippen LogP contribution in [-0.4, -0.2) is 13.0 Å². The average Bonchev–Trinajstić information content (AvgIpc) is 2.55. The van der Waals surface area contributed by atoms with Crippen LogP contribution < -0.4 is 10.1 Å². The van der Waals surface area contributed by atoms with Gasteiger partial charge in [0.1, 0.15) is 11.2 Å². The van der Waals surface area contributed by atoms with Gasteiger partial charge in [-0.15, -0.1) is 0 Å². The van der Waals surface area contributed by atoms with Crippen molar-refractivity contribution in [3.63, 3.8) is 0 Å². The molecule has 0 radical (unpaired) electrons. The molecular weight excluding hydrogens is 264 g/mol. The van der Waals surface area contributed by atoms with Crippen LogP contribution in [0.4, 0.5) is 0 Å². The lowest BCUT2D eigenvalue weighted by atomic mass is 9.74. The number of rotatable bonds is 4. The fraction of sp³-hybridized carbons (Fsp3) is 0.529. The maximum absolute atomic E-state index is 12.5. The number of hydrogen-bond acceptors (Lipinski definition) is 3. The minimum atomic E-state index is -0.834. The summed E-state index contributed by atoms with van der Waals surface area (Å²) in [5.74, 6) is 0.658. The molecule has 1 aliphatic rings. The van der Waals surface area contributed by atoms with Crippen LogP contribution in [0, 0.1) is 16.7 Å². The van der Waals surface area contributed by atoms with Crippen molar-refractivity contribution in [3.8, 4) is 11.8 Å². The zero-order valence-corrected chi connectivity index (χ0v) is 12.7. The first kappa shape index (κ1) is 15.4. The summed E-state index contributed by atoms with van der Waals surface area (Å²) in [5.41, 5.74) is 0.173. The first-order valence-corrected chi connectivity index (χ1v) is 7.47. The summed E-state index contributed by atoms with van der Waals surface area (Å²) in [4.78, 5) is 12.5. The van der Waals surface area contributed by atoms with Crippen LogP contribution in [0.3, 0.4) is 0 Å². The maximum atomic E-state index is 12.5. The second-order valence-electron chi connectivity index (χ2n) is 5.72. The Labute approximate surface area is 126 Å². The molecular formula is C17H22N2O2. The summed E-state index contributed by atoms with van der Waals surface area (Å²) in [6, 6.07) is 9.76. The third kappa shape index (κ3) is 3.36. The second kappa shape index (κ2) is 6.62. The Morgan fingerprint density at radius 2 is 1.90 bits per heavy atom. The van der Waals surface area contributed by atoms with Gasteiger partial charge in [-0.3, -0.25) is 4.79 Å². The molecule has 0 aliphatic heterocycles. The van der Waals surface area contributed by atoms with E-state index in [1.165, 1.54) is 0 Å². The van der Waals surface area contributed by atoms with Crippen molar-refractivity contribution < 1.29 is 9.53 Å². The Balaban J connectivity index is 2.05. The molecule has 1 unspecified atom stereocenters. The minimum Gasteiger partial charge on any atom is -0.497 e. The third-order valence-electron chi connectivity index (χ3n) is 4.32. The zero-order valence-electron chi connectivity index (χ0n) is 12.7. The van der Waals surface area contributed by atoms with Crippen LogP contribution in [0.25, 0.3) is 0 Å². The number of benzene rings is 1. The number of carbonyl (C=O) groups is 1. The zero-order chi connectivity index (χ0) is 15.3. The van der Waals surface area contributed by atoms with E-state index < -0.39 is 5.41 Å². The summed E-state index contributed by atoms with van der Waals surface area (Å²) in [6.45, 7) is 1.94. The molecule has 21 heavy (non-hydrogen) atoms. The molecule has 0 bridgehead atoms. The quantitative estimate of drug-likeness (QED) is 0.923. The van der Waals surface area contributed by atoms with Crippen LogP contribution in [0.1, 0.15) is 50.6 Å². The van der Waals surface area contributed by atoms with E-state index in [4.69, 9.17) is 4.74 Å². The molecule has 4 nitrogen and oxygen atoms in total. The Bertz CT molecular complexity index is 525. The van der Waals surface area contributed by atoms with Crippen molar-refractivity contribution >= 4 is 5.91 Å². The topological polar surface area (TPSA) is 62.1 Å². The van der Waals surface area contributed by atoms with Crippen molar-refractivity contribution in [1.29, 1.82) is 5.26 Å². The first-order chi connectivity index (χ1) is 10.1. The highest BCUT2D eigenvalue weighted by Gasteiger charge is 2.40. The number of nitriles is 1. The first-order valence-electron chi connectivity index (χ1n) is 7.47. The summed E-state index contributed by atoms with van der Waals surface area (Å²) in [5, 5.41) is 12.4. The van der Waals surface area contributed by atoms with Crippen molar-refractivity contribution in [3.05, 3.63) is 29.8 Å². The molecule has 1 aromatic rings. The van der Waals surface area contributed by atoms with E-state index in [2.05, 4.69) is 11.4 Å². The molecule has 112 valence electrons. The lowest BCUT2D eigenvalue weighted by Crippen LogP contribution is -2.42. The standard InChI is InChI=1S/C17H22N2O2/c1-13(14-6-8-15(21-2)9-7-14)19-16(20)17(12-18)10-4-3-5-11-17/h6-9,13H,3-5,10-11H2,1-2H3,(H,19,20). The van der Waals surface area contributed by atoms with Crippen molar-refractivity contribution in [2.75, 3.05) is 7.11 Å². The number of nitrogens with zero attached hydrogens (tertiary/aromatic N) is 1. The van der Waals surface area contributed by atoms with Gasteiger partial charge in [0.05, 0.1) is 19.2 Å². The molecule has 1 amide bonds. The molecule has 0 heterocycles. The van der Waals surface area contributed by atoms with E-state index >= 15 is 0 Å². The molecule has 1 aromatic carbocycles. The second-order valence-corrected chi connectivity index (χ2v) is 5.72. The van der Waals surface area contributed by atoms with Gasteiger partial charge in [0.2, 0.25) is 5.91 Å². The van der Waals surface area contributed by atoms with Crippen LogP contribution >= 0.6 is 0 Å². The monoisotopic (exact) mass is 286 g/mol. The summed E-state index contributed by atoms with van der Waals surface area (Å²) in [6.07, 6.45) is 4.37. The number of amides is 1. The van der Waals surface area contributed by atoms with Crippen molar-refractivity contribution in [2.24, 2.45) is 5.41 Å². The lowest BCUT2D eigenvalue weighted by molar-refractivity contribution is -0.130. The molecule has 1 N–H and O–H groups in total. The molecule has 0 spiro atoms. The molecule has 1 atom stereocenters. The van der Waals surface area contributed by atoms with Gasteiger partial charge in [0.15, 0.2) is 0 Å². The van der Waals surface area contributed by atoms with E-state index in [0.29, 0.717) is 12.8 Å². The molecule has 0 saturated heterocycles. The molecule has 1 aliphatic carbocycles. The van der Waals surface area contributed by atoms with E-state index in [-0.39, 0.29) is 11.9 Å². The molecule has 4 heteroatoms. The highest BCUT2D eigenvalue weighted by molar-refractivity contribution is 5.85.